The van der Waals surface area contributed by atoms with Crippen molar-refractivity contribution >= 4 is 21.9 Å². The molecule has 0 unspecified atom stereocenters. The summed E-state index contributed by atoms with van der Waals surface area (Å²) >= 11 is 0. The highest BCUT2D eigenvalue weighted by Crippen LogP contribution is 2.30. The summed E-state index contributed by atoms with van der Waals surface area (Å²) in [6.45, 7) is 1.62. The van der Waals surface area contributed by atoms with Crippen LogP contribution in [0.3, 0.4) is 0 Å². The number of fused-ring (bicyclic) bond motifs is 3. The fourth-order valence-electron chi connectivity index (χ4n) is 4.29. The number of aromatic nitrogens is 6. The van der Waals surface area contributed by atoms with E-state index in [-0.39, 0.29) is 11.7 Å². The molecule has 6 rings (SSSR count). The van der Waals surface area contributed by atoms with Gasteiger partial charge in [0.1, 0.15) is 0 Å². The second-order valence-corrected chi connectivity index (χ2v) is 8.08. The van der Waals surface area contributed by atoms with Crippen LogP contribution < -0.4 is 11.0 Å². The Balaban J connectivity index is 1.51. The van der Waals surface area contributed by atoms with Crippen molar-refractivity contribution in [1.29, 1.82) is 0 Å². The Morgan fingerprint density at radius 2 is 1.81 bits per heavy atom. The molecule has 0 atom stereocenters. The van der Waals surface area contributed by atoms with Crippen molar-refractivity contribution in [3.05, 3.63) is 65.6 Å². The second-order valence-electron chi connectivity index (χ2n) is 8.08. The third-order valence-corrected chi connectivity index (χ3v) is 6.14. The largest absolute Gasteiger partial charge is 0.329 e. The first-order valence-electron chi connectivity index (χ1n) is 10.3. The summed E-state index contributed by atoms with van der Waals surface area (Å²) in [4.78, 5) is 22.2. The SMILES string of the molecule is Cn1cc(-c2ccc(-c3ccc4ncc5c(c4c3)n(C3CNC3)c(=O)n5C)cn2)cn1. The van der Waals surface area contributed by atoms with Crippen LogP contribution in [0.1, 0.15) is 6.04 Å². The minimum atomic E-state index is 0.00342. The van der Waals surface area contributed by atoms with Crippen molar-refractivity contribution < 1.29 is 0 Å². The van der Waals surface area contributed by atoms with E-state index in [9.17, 15) is 4.79 Å². The Labute approximate surface area is 177 Å². The average Bonchev–Trinajstić information content (AvgIpc) is 3.30. The van der Waals surface area contributed by atoms with Crippen molar-refractivity contribution in [2.75, 3.05) is 13.1 Å². The number of benzene rings is 1. The molecule has 1 aliphatic heterocycles. The van der Waals surface area contributed by atoms with Gasteiger partial charge in [0, 0.05) is 56.1 Å². The molecule has 0 aliphatic carbocycles. The second kappa shape index (κ2) is 6.61. The van der Waals surface area contributed by atoms with Crippen LogP contribution in [0.4, 0.5) is 0 Å². The van der Waals surface area contributed by atoms with Crippen LogP contribution >= 0.6 is 0 Å². The molecule has 0 saturated carbocycles. The summed E-state index contributed by atoms with van der Waals surface area (Å²) in [5.74, 6) is 0. The van der Waals surface area contributed by atoms with E-state index in [4.69, 9.17) is 0 Å². The molecule has 5 aromatic rings. The van der Waals surface area contributed by atoms with Crippen LogP contribution in [-0.2, 0) is 14.1 Å². The molecule has 0 amide bonds. The van der Waals surface area contributed by atoms with E-state index in [1.807, 2.05) is 49.4 Å². The molecule has 0 bridgehead atoms. The van der Waals surface area contributed by atoms with E-state index < -0.39 is 0 Å². The number of nitrogens with one attached hydrogen (secondary N) is 1. The first-order valence-corrected chi connectivity index (χ1v) is 10.3. The number of pyridine rings is 2. The number of aryl methyl sites for hydroxylation is 2. The molecule has 0 spiro atoms. The molecule has 8 heteroatoms. The van der Waals surface area contributed by atoms with Gasteiger partial charge in [0.25, 0.3) is 0 Å². The molecular formula is C23H21N7O. The zero-order valence-electron chi connectivity index (χ0n) is 17.3. The third-order valence-electron chi connectivity index (χ3n) is 6.14. The van der Waals surface area contributed by atoms with Gasteiger partial charge >= 0.3 is 5.69 Å². The highest BCUT2D eigenvalue weighted by atomic mass is 16.1. The minimum absolute atomic E-state index is 0.00342. The van der Waals surface area contributed by atoms with Crippen LogP contribution in [0, 0.1) is 0 Å². The van der Waals surface area contributed by atoms with Gasteiger partial charge in [-0.1, -0.05) is 12.1 Å². The lowest BCUT2D eigenvalue weighted by atomic mass is 10.0. The predicted octanol–water partition coefficient (Wildman–Crippen LogP) is 2.50. The van der Waals surface area contributed by atoms with E-state index in [0.717, 1.165) is 57.4 Å². The van der Waals surface area contributed by atoms with Crippen LogP contribution in [0.2, 0.25) is 0 Å². The maximum atomic E-state index is 12.9. The maximum Gasteiger partial charge on any atom is 0.329 e. The average molecular weight is 411 g/mol. The molecule has 1 aromatic carbocycles. The van der Waals surface area contributed by atoms with Gasteiger partial charge in [-0.2, -0.15) is 5.10 Å². The molecule has 1 saturated heterocycles. The molecule has 4 aromatic heterocycles. The number of hydrogen-bond donors (Lipinski definition) is 1. The van der Waals surface area contributed by atoms with E-state index >= 15 is 0 Å². The van der Waals surface area contributed by atoms with Crippen LogP contribution in [-0.4, -0.2) is 42.0 Å². The number of rotatable bonds is 3. The van der Waals surface area contributed by atoms with Crippen molar-refractivity contribution in [2.45, 2.75) is 6.04 Å². The quantitative estimate of drug-likeness (QED) is 0.493. The standard InChI is InChI=1S/C23H21N7O/c1-28-13-16(9-27-28)19-5-4-15(8-25-19)14-3-6-20-18(7-14)22-21(12-26-20)29(2)23(31)30(22)17-10-24-11-17/h3-9,12-13,17,24H,10-11H2,1-2H3. The lowest BCUT2D eigenvalue weighted by molar-refractivity contribution is 0.342. The third kappa shape index (κ3) is 2.72. The summed E-state index contributed by atoms with van der Waals surface area (Å²) in [6.07, 6.45) is 7.44. The summed E-state index contributed by atoms with van der Waals surface area (Å²) < 4.78 is 5.38. The Morgan fingerprint density at radius 1 is 0.968 bits per heavy atom. The van der Waals surface area contributed by atoms with Crippen molar-refractivity contribution in [3.63, 3.8) is 0 Å². The highest BCUT2D eigenvalue weighted by molar-refractivity contribution is 6.04. The van der Waals surface area contributed by atoms with Crippen LogP contribution in [0.15, 0.2) is 59.9 Å². The number of imidazole rings is 1. The van der Waals surface area contributed by atoms with Gasteiger partial charge in [-0.25, -0.2) is 4.79 Å². The molecule has 154 valence electrons. The maximum absolute atomic E-state index is 12.9. The Morgan fingerprint density at radius 3 is 2.48 bits per heavy atom. The van der Waals surface area contributed by atoms with E-state index in [1.165, 1.54) is 0 Å². The van der Waals surface area contributed by atoms with Gasteiger partial charge in [-0.3, -0.25) is 23.8 Å². The smallest absolute Gasteiger partial charge is 0.313 e. The fraction of sp³-hybridized carbons (Fsp3) is 0.217. The van der Waals surface area contributed by atoms with Gasteiger partial charge < -0.3 is 5.32 Å². The summed E-state index contributed by atoms with van der Waals surface area (Å²) in [7, 11) is 3.70. The lowest BCUT2D eigenvalue weighted by Crippen LogP contribution is -2.46. The van der Waals surface area contributed by atoms with Crippen LogP contribution in [0.25, 0.3) is 44.3 Å². The highest BCUT2D eigenvalue weighted by Gasteiger charge is 2.25. The molecule has 1 aliphatic rings. The van der Waals surface area contributed by atoms with Crippen molar-refractivity contribution in [1.82, 2.24) is 34.2 Å². The van der Waals surface area contributed by atoms with Gasteiger partial charge in [0.15, 0.2) is 0 Å². The zero-order chi connectivity index (χ0) is 21.1. The monoisotopic (exact) mass is 411 g/mol. The molecule has 5 heterocycles. The van der Waals surface area contributed by atoms with E-state index in [2.05, 4.69) is 38.6 Å². The number of nitrogens with zero attached hydrogens (tertiary/aromatic N) is 6. The first kappa shape index (κ1) is 18.0. The Kier molecular flexibility index (Phi) is 3.85. The first-order chi connectivity index (χ1) is 15.1. The molecular weight excluding hydrogens is 390 g/mol. The molecule has 0 radical (unpaired) electrons. The fourth-order valence-corrected chi connectivity index (χ4v) is 4.29. The normalized spacial score (nSPS) is 14.4. The van der Waals surface area contributed by atoms with Gasteiger partial charge in [-0.05, 0) is 23.8 Å². The van der Waals surface area contributed by atoms with Gasteiger partial charge in [0.05, 0.1) is 40.7 Å². The number of hydrogen-bond acceptors (Lipinski definition) is 5. The Bertz CT molecular complexity index is 1500. The van der Waals surface area contributed by atoms with Crippen LogP contribution in [0.5, 0.6) is 0 Å². The van der Waals surface area contributed by atoms with Gasteiger partial charge in [0.2, 0.25) is 0 Å². The molecule has 1 fully saturated rings. The van der Waals surface area contributed by atoms with E-state index in [1.54, 1.807) is 15.4 Å². The summed E-state index contributed by atoms with van der Waals surface area (Å²) in [6, 6.07) is 10.4. The summed E-state index contributed by atoms with van der Waals surface area (Å²) in [5.41, 5.74) is 6.61. The van der Waals surface area contributed by atoms with Crippen molar-refractivity contribution in [3.8, 4) is 22.4 Å². The van der Waals surface area contributed by atoms with Crippen molar-refractivity contribution in [2.24, 2.45) is 14.1 Å². The molecule has 8 nitrogen and oxygen atoms in total. The summed E-state index contributed by atoms with van der Waals surface area (Å²) in [5, 5.41) is 8.47. The topological polar surface area (TPSA) is 82.6 Å². The lowest BCUT2D eigenvalue weighted by Gasteiger charge is -2.28. The van der Waals surface area contributed by atoms with Gasteiger partial charge in [-0.15, -0.1) is 0 Å². The minimum Gasteiger partial charge on any atom is -0.313 e. The zero-order valence-corrected chi connectivity index (χ0v) is 17.3. The Hall–Kier alpha value is -3.78. The molecule has 1 N–H and O–H groups in total. The van der Waals surface area contributed by atoms with E-state index in [0.29, 0.717) is 0 Å². The molecule has 31 heavy (non-hydrogen) atoms. The predicted molar refractivity (Wildman–Crippen MR) is 120 cm³/mol.